The van der Waals surface area contributed by atoms with E-state index in [1.807, 2.05) is 0 Å². The van der Waals surface area contributed by atoms with Crippen molar-refractivity contribution >= 4 is 24.0 Å². The lowest BCUT2D eigenvalue weighted by molar-refractivity contribution is -0.143. The van der Waals surface area contributed by atoms with Crippen molar-refractivity contribution < 1.29 is 52.2 Å². The van der Waals surface area contributed by atoms with Crippen molar-refractivity contribution in [1.82, 2.24) is 5.32 Å². The first-order chi connectivity index (χ1) is 22.2. The van der Waals surface area contributed by atoms with E-state index in [1.54, 1.807) is 54.6 Å². The van der Waals surface area contributed by atoms with Gasteiger partial charge in [0.2, 0.25) is 17.4 Å². The van der Waals surface area contributed by atoms with Crippen LogP contribution < -0.4 is 43.2 Å². The normalized spacial score (nSPS) is 11.5. The number of amides is 1. The molecule has 0 aliphatic rings. The molecule has 46 heavy (non-hydrogen) atoms. The minimum atomic E-state index is -0.879. The fraction of sp³-hybridized carbons (Fsp3) is 0.294. The van der Waals surface area contributed by atoms with Gasteiger partial charge in [-0.3, -0.25) is 4.79 Å². The van der Waals surface area contributed by atoms with Gasteiger partial charge in [-0.2, -0.15) is 0 Å². The number of methoxy groups -OCH3 is 8. The van der Waals surface area contributed by atoms with E-state index >= 15 is 0 Å². The fourth-order valence-electron chi connectivity index (χ4n) is 4.44. The summed E-state index contributed by atoms with van der Waals surface area (Å²) in [7, 11) is 12.0. The Labute approximate surface area is 268 Å². The molecule has 1 amide bonds. The van der Waals surface area contributed by atoms with E-state index in [1.165, 1.54) is 69.0 Å². The van der Waals surface area contributed by atoms with Crippen LogP contribution in [0.15, 0.2) is 54.6 Å². The molecule has 0 aromatic heterocycles. The Balaban J connectivity index is 1.82. The van der Waals surface area contributed by atoms with Crippen molar-refractivity contribution in [3.63, 3.8) is 0 Å². The zero-order chi connectivity index (χ0) is 33.6. The summed E-state index contributed by atoms with van der Waals surface area (Å²) in [5.41, 5.74) is 1.82. The Morgan fingerprint density at radius 3 is 1.48 bits per heavy atom. The molecule has 0 aliphatic carbocycles. The first-order valence-corrected chi connectivity index (χ1v) is 13.9. The number of hydrogen-bond acceptors (Lipinski definition) is 11. The molecule has 0 saturated carbocycles. The molecule has 246 valence electrons. The zero-order valence-electron chi connectivity index (χ0n) is 27.1. The third-order valence-electron chi connectivity index (χ3n) is 6.71. The van der Waals surface area contributed by atoms with E-state index in [9.17, 15) is 9.59 Å². The van der Waals surface area contributed by atoms with E-state index in [2.05, 4.69) is 5.32 Å². The highest BCUT2D eigenvalue weighted by Gasteiger charge is 2.20. The summed E-state index contributed by atoms with van der Waals surface area (Å²) >= 11 is 0. The van der Waals surface area contributed by atoms with Crippen molar-refractivity contribution in [2.75, 3.05) is 63.4 Å². The second-order valence-electron chi connectivity index (χ2n) is 9.37. The standard InChI is InChI=1S/C34H39NO11/c1-38-24-12-11-23(19-25(24)39-2)30(46-32(37)14-10-22-17-28(42-5)34(45-8)29(18-22)43-6)20-35-31(36)13-9-21-15-26(40-3)33(44-7)27(16-21)41-4/h9-19,30H,20H2,1-8H3,(H,35,36)/b13-9+,14-10+/t30-/m1/s1. The van der Waals surface area contributed by atoms with Crippen molar-refractivity contribution in [3.05, 3.63) is 71.3 Å². The predicted octanol–water partition coefficient (Wildman–Crippen LogP) is 4.88. The van der Waals surface area contributed by atoms with Crippen LogP contribution in [0.2, 0.25) is 0 Å². The first kappa shape index (κ1) is 35.0. The Bertz CT molecular complexity index is 1510. The zero-order valence-corrected chi connectivity index (χ0v) is 27.1. The third kappa shape index (κ3) is 8.78. The molecule has 1 N–H and O–H groups in total. The molecule has 3 rings (SSSR count). The lowest BCUT2D eigenvalue weighted by Gasteiger charge is -2.19. The van der Waals surface area contributed by atoms with Gasteiger partial charge in [-0.25, -0.2) is 4.79 Å². The van der Waals surface area contributed by atoms with Crippen molar-refractivity contribution in [3.8, 4) is 46.0 Å². The predicted molar refractivity (Wildman–Crippen MR) is 172 cm³/mol. The number of carbonyl (C=O) groups excluding carboxylic acids is 2. The molecular weight excluding hydrogens is 598 g/mol. The Morgan fingerprint density at radius 2 is 1.04 bits per heavy atom. The summed E-state index contributed by atoms with van der Waals surface area (Å²) in [6.07, 6.45) is 4.88. The molecule has 12 nitrogen and oxygen atoms in total. The van der Waals surface area contributed by atoms with Crippen LogP contribution in [0.3, 0.4) is 0 Å². The topological polar surface area (TPSA) is 129 Å². The number of benzene rings is 3. The molecule has 0 bridgehead atoms. The van der Waals surface area contributed by atoms with Gasteiger partial charge < -0.3 is 47.9 Å². The Kier molecular flexibility index (Phi) is 13.0. The molecule has 0 aliphatic heterocycles. The number of nitrogens with one attached hydrogen (secondary N) is 1. The summed E-state index contributed by atoms with van der Waals surface area (Å²) in [4.78, 5) is 25.9. The van der Waals surface area contributed by atoms with Crippen LogP contribution in [-0.2, 0) is 14.3 Å². The van der Waals surface area contributed by atoms with E-state index in [-0.39, 0.29) is 6.54 Å². The summed E-state index contributed by atoms with van der Waals surface area (Å²) in [5.74, 6) is 2.46. The van der Waals surface area contributed by atoms with Crippen LogP contribution in [0.5, 0.6) is 46.0 Å². The van der Waals surface area contributed by atoms with Crippen LogP contribution in [0.4, 0.5) is 0 Å². The molecule has 0 unspecified atom stereocenters. The van der Waals surface area contributed by atoms with Crippen LogP contribution in [0, 0.1) is 0 Å². The molecule has 0 fully saturated rings. The average molecular weight is 638 g/mol. The molecule has 3 aromatic carbocycles. The molecule has 0 radical (unpaired) electrons. The van der Waals surface area contributed by atoms with E-state index in [0.29, 0.717) is 62.7 Å². The quantitative estimate of drug-likeness (QED) is 0.170. The van der Waals surface area contributed by atoms with E-state index in [4.69, 9.17) is 42.6 Å². The molecule has 12 heteroatoms. The first-order valence-electron chi connectivity index (χ1n) is 13.9. The summed E-state index contributed by atoms with van der Waals surface area (Å²) in [6, 6.07) is 11.9. The van der Waals surface area contributed by atoms with Gasteiger partial charge >= 0.3 is 5.97 Å². The highest BCUT2D eigenvalue weighted by molar-refractivity contribution is 5.92. The summed E-state index contributed by atoms with van der Waals surface area (Å²) in [5, 5.41) is 2.79. The summed E-state index contributed by atoms with van der Waals surface area (Å²) < 4.78 is 48.8. The van der Waals surface area contributed by atoms with Crippen molar-refractivity contribution in [2.24, 2.45) is 0 Å². The number of carbonyl (C=O) groups is 2. The maximum Gasteiger partial charge on any atom is 0.331 e. The van der Waals surface area contributed by atoms with E-state index < -0.39 is 18.0 Å². The molecule has 0 saturated heterocycles. The van der Waals surface area contributed by atoms with Crippen LogP contribution in [-0.4, -0.2) is 75.3 Å². The van der Waals surface area contributed by atoms with Gasteiger partial charge in [0.05, 0.1) is 63.4 Å². The second-order valence-corrected chi connectivity index (χ2v) is 9.37. The van der Waals surface area contributed by atoms with Gasteiger partial charge in [0, 0.05) is 12.2 Å². The highest BCUT2D eigenvalue weighted by Crippen LogP contribution is 2.39. The number of rotatable bonds is 16. The number of ether oxygens (including phenoxy) is 9. The summed E-state index contributed by atoms with van der Waals surface area (Å²) in [6.45, 7) is -0.0440. The fourth-order valence-corrected chi connectivity index (χ4v) is 4.44. The molecule has 1 atom stereocenters. The van der Waals surface area contributed by atoms with Gasteiger partial charge in [0.1, 0.15) is 6.10 Å². The van der Waals surface area contributed by atoms with Crippen LogP contribution in [0.1, 0.15) is 22.8 Å². The lowest BCUT2D eigenvalue weighted by Crippen LogP contribution is -2.29. The number of hydrogen-bond donors (Lipinski definition) is 1. The monoisotopic (exact) mass is 637 g/mol. The van der Waals surface area contributed by atoms with Crippen LogP contribution in [0.25, 0.3) is 12.2 Å². The minimum Gasteiger partial charge on any atom is -0.493 e. The molecule has 0 heterocycles. The average Bonchev–Trinajstić information content (AvgIpc) is 3.09. The van der Waals surface area contributed by atoms with Crippen LogP contribution >= 0.6 is 0 Å². The third-order valence-corrected chi connectivity index (χ3v) is 6.71. The molecule has 3 aromatic rings. The highest BCUT2D eigenvalue weighted by atomic mass is 16.5. The SMILES string of the molecule is COc1ccc([C@@H](CNC(=O)/C=C/c2cc(OC)c(OC)c(OC)c2)OC(=O)/C=C/c2cc(OC)c(OC)c(OC)c2)cc1OC. The van der Waals surface area contributed by atoms with Crippen molar-refractivity contribution in [1.29, 1.82) is 0 Å². The number of esters is 1. The van der Waals surface area contributed by atoms with Gasteiger partial charge in [-0.05, 0) is 65.2 Å². The molecular formula is C34H39NO11. The van der Waals surface area contributed by atoms with Gasteiger partial charge in [-0.15, -0.1) is 0 Å². The Hall–Kier alpha value is -5.52. The smallest absolute Gasteiger partial charge is 0.331 e. The maximum atomic E-state index is 13.0. The second kappa shape index (κ2) is 17.1. The van der Waals surface area contributed by atoms with E-state index in [0.717, 1.165) is 0 Å². The van der Waals surface area contributed by atoms with Gasteiger partial charge in [0.25, 0.3) is 0 Å². The van der Waals surface area contributed by atoms with Gasteiger partial charge in [0.15, 0.2) is 34.5 Å². The maximum absolute atomic E-state index is 13.0. The Morgan fingerprint density at radius 1 is 0.587 bits per heavy atom. The molecule has 0 spiro atoms. The van der Waals surface area contributed by atoms with Gasteiger partial charge in [-0.1, -0.05) is 6.07 Å². The minimum absolute atomic E-state index is 0.0440. The lowest BCUT2D eigenvalue weighted by atomic mass is 10.1. The largest absolute Gasteiger partial charge is 0.493 e. The van der Waals surface area contributed by atoms with Crippen molar-refractivity contribution in [2.45, 2.75) is 6.10 Å².